The Morgan fingerprint density at radius 2 is 1.32 bits per heavy atom. The van der Waals surface area contributed by atoms with Crippen molar-refractivity contribution in [1.29, 1.82) is 0 Å². The van der Waals surface area contributed by atoms with Crippen LogP contribution >= 0.6 is 0 Å². The van der Waals surface area contributed by atoms with Gasteiger partial charge in [-0.2, -0.15) is 0 Å². The van der Waals surface area contributed by atoms with Gasteiger partial charge < -0.3 is 30.6 Å². The van der Waals surface area contributed by atoms with Gasteiger partial charge >= 0.3 is 23.9 Å². The Morgan fingerprint density at radius 3 is 1.79 bits per heavy atom. The molecule has 0 aromatic carbocycles. The molecule has 198 valence electrons. The van der Waals surface area contributed by atoms with Crippen LogP contribution in [-0.4, -0.2) is 60.4 Å². The molecule has 2 amide bonds. The third-order valence-corrected chi connectivity index (χ3v) is 4.15. The van der Waals surface area contributed by atoms with Gasteiger partial charge in [0.15, 0.2) is 0 Å². The first kappa shape index (κ1) is 31.6. The van der Waals surface area contributed by atoms with Crippen LogP contribution in [0.1, 0.15) is 87.5 Å². The van der Waals surface area contributed by atoms with Crippen LogP contribution in [0.2, 0.25) is 0 Å². The standard InChI is InChI=1S/C24H45N3O7/c1-16(2)15-32-20(29)17(11-9-10-14-25)26-22(31)27-18(21(30)34-24(6,7)8)12-13-19(28)33-23(3,4)5/h16-18H,9-15,25H2,1-8H3,(H2,26,27,31)/t17-,18-/m0/s1. The highest BCUT2D eigenvalue weighted by atomic mass is 16.6. The largest absolute Gasteiger partial charge is 0.464 e. The topological polar surface area (TPSA) is 146 Å². The van der Waals surface area contributed by atoms with Crippen molar-refractivity contribution in [2.45, 2.75) is 111 Å². The summed E-state index contributed by atoms with van der Waals surface area (Å²) in [5.41, 5.74) is 4.07. The fraction of sp³-hybridized carbons (Fsp3) is 0.833. The molecule has 0 unspecified atom stereocenters. The van der Waals surface area contributed by atoms with Crippen LogP contribution in [0.5, 0.6) is 0 Å². The predicted octanol–water partition coefficient (Wildman–Crippen LogP) is 2.81. The Bertz CT molecular complexity index is 666. The minimum atomic E-state index is -1.11. The summed E-state index contributed by atoms with van der Waals surface area (Å²) < 4.78 is 15.9. The lowest BCUT2D eigenvalue weighted by molar-refractivity contribution is -0.158. The van der Waals surface area contributed by atoms with Crippen molar-refractivity contribution in [2.75, 3.05) is 13.2 Å². The van der Waals surface area contributed by atoms with Crippen molar-refractivity contribution in [1.82, 2.24) is 10.6 Å². The average Bonchev–Trinajstić information content (AvgIpc) is 2.65. The molecule has 0 saturated carbocycles. The molecule has 4 N–H and O–H groups in total. The smallest absolute Gasteiger partial charge is 0.329 e. The first-order valence-corrected chi connectivity index (χ1v) is 11.9. The first-order chi connectivity index (χ1) is 15.5. The molecule has 0 aliphatic rings. The van der Waals surface area contributed by atoms with Crippen LogP contribution in [0.3, 0.4) is 0 Å². The monoisotopic (exact) mass is 487 g/mol. The van der Waals surface area contributed by atoms with E-state index in [9.17, 15) is 19.2 Å². The van der Waals surface area contributed by atoms with Crippen molar-refractivity contribution in [3.05, 3.63) is 0 Å². The number of carbonyl (C=O) groups is 4. The number of hydrogen-bond acceptors (Lipinski definition) is 8. The van der Waals surface area contributed by atoms with Crippen molar-refractivity contribution in [3.8, 4) is 0 Å². The Labute approximate surface area is 204 Å². The van der Waals surface area contributed by atoms with Crippen molar-refractivity contribution < 1.29 is 33.4 Å². The molecule has 0 fully saturated rings. The van der Waals surface area contributed by atoms with E-state index in [-0.39, 0.29) is 25.4 Å². The summed E-state index contributed by atoms with van der Waals surface area (Å²) >= 11 is 0. The van der Waals surface area contributed by atoms with E-state index < -0.39 is 47.2 Å². The first-order valence-electron chi connectivity index (χ1n) is 11.9. The van der Waals surface area contributed by atoms with Crippen LogP contribution < -0.4 is 16.4 Å². The molecule has 0 rings (SSSR count). The molecule has 0 spiro atoms. The predicted molar refractivity (Wildman–Crippen MR) is 129 cm³/mol. The number of amides is 2. The highest BCUT2D eigenvalue weighted by molar-refractivity contribution is 5.87. The maximum absolute atomic E-state index is 12.7. The summed E-state index contributed by atoms with van der Waals surface area (Å²) in [7, 11) is 0. The third-order valence-electron chi connectivity index (χ3n) is 4.15. The van der Waals surface area contributed by atoms with Gasteiger partial charge in [0.1, 0.15) is 23.3 Å². The second kappa shape index (κ2) is 14.8. The van der Waals surface area contributed by atoms with E-state index in [1.54, 1.807) is 41.5 Å². The van der Waals surface area contributed by atoms with Crippen LogP contribution in [0, 0.1) is 5.92 Å². The van der Waals surface area contributed by atoms with Crippen molar-refractivity contribution in [3.63, 3.8) is 0 Å². The summed E-state index contributed by atoms with van der Waals surface area (Å²) in [6, 6.07) is -2.74. The Kier molecular flexibility index (Phi) is 13.8. The van der Waals surface area contributed by atoms with Crippen molar-refractivity contribution in [2.24, 2.45) is 11.7 Å². The van der Waals surface area contributed by atoms with E-state index >= 15 is 0 Å². The van der Waals surface area contributed by atoms with E-state index in [0.29, 0.717) is 25.8 Å². The second-order valence-electron chi connectivity index (χ2n) is 10.7. The number of hydrogen-bond donors (Lipinski definition) is 3. The number of esters is 3. The number of carbonyl (C=O) groups excluding carboxylic acids is 4. The number of rotatable bonds is 13. The van der Waals surface area contributed by atoms with Gasteiger partial charge in [-0.05, 0) is 79.7 Å². The minimum absolute atomic E-state index is 0.0209. The Balaban J connectivity index is 5.29. The van der Waals surface area contributed by atoms with Crippen LogP contribution in [0.25, 0.3) is 0 Å². The van der Waals surface area contributed by atoms with E-state index in [4.69, 9.17) is 19.9 Å². The zero-order chi connectivity index (χ0) is 26.5. The number of urea groups is 1. The third kappa shape index (κ3) is 16.3. The van der Waals surface area contributed by atoms with Gasteiger partial charge in [0.2, 0.25) is 0 Å². The molecular weight excluding hydrogens is 442 g/mol. The molecule has 0 bridgehead atoms. The van der Waals surface area contributed by atoms with Crippen LogP contribution in [-0.2, 0) is 28.6 Å². The molecule has 34 heavy (non-hydrogen) atoms. The van der Waals surface area contributed by atoms with Gasteiger partial charge in [-0.1, -0.05) is 13.8 Å². The highest BCUT2D eigenvalue weighted by Gasteiger charge is 2.30. The fourth-order valence-corrected chi connectivity index (χ4v) is 2.73. The van der Waals surface area contributed by atoms with Gasteiger partial charge in [0, 0.05) is 6.42 Å². The van der Waals surface area contributed by atoms with Gasteiger partial charge in [-0.15, -0.1) is 0 Å². The fourth-order valence-electron chi connectivity index (χ4n) is 2.73. The normalized spacial score (nSPS) is 13.6. The van der Waals surface area contributed by atoms with Gasteiger partial charge in [0.25, 0.3) is 0 Å². The number of nitrogens with one attached hydrogen (secondary N) is 2. The number of nitrogens with two attached hydrogens (primary N) is 1. The summed E-state index contributed by atoms with van der Waals surface area (Å²) in [6.07, 6.45) is 1.53. The van der Waals surface area contributed by atoms with Gasteiger partial charge in [-0.25, -0.2) is 14.4 Å². The molecule has 0 aromatic rings. The summed E-state index contributed by atoms with van der Waals surface area (Å²) in [6.45, 7) is 14.8. The maximum Gasteiger partial charge on any atom is 0.329 e. The minimum Gasteiger partial charge on any atom is -0.464 e. The molecular formula is C24H45N3O7. The molecule has 0 heterocycles. The number of unbranched alkanes of at least 4 members (excludes halogenated alkanes) is 1. The number of ether oxygens (including phenoxy) is 3. The summed E-state index contributed by atoms with van der Waals surface area (Å²) in [4.78, 5) is 50.0. The molecule has 0 aliphatic heterocycles. The molecule has 0 aliphatic carbocycles. The van der Waals surface area contributed by atoms with E-state index in [1.807, 2.05) is 13.8 Å². The second-order valence-corrected chi connectivity index (χ2v) is 10.7. The lowest BCUT2D eigenvalue weighted by Crippen LogP contribution is -2.52. The quantitative estimate of drug-likeness (QED) is 0.204. The Hall–Kier alpha value is -2.36. The van der Waals surface area contributed by atoms with Crippen LogP contribution in [0.15, 0.2) is 0 Å². The summed E-state index contributed by atoms with van der Waals surface area (Å²) in [5.74, 6) is -1.59. The van der Waals surface area contributed by atoms with Gasteiger partial charge in [-0.3, -0.25) is 4.79 Å². The SMILES string of the molecule is CC(C)COC(=O)[C@H](CCCCN)NC(=O)N[C@@H](CCC(=O)OC(C)(C)C)C(=O)OC(C)(C)C. The molecule has 10 heteroatoms. The van der Waals surface area contributed by atoms with Crippen LogP contribution in [0.4, 0.5) is 4.79 Å². The van der Waals surface area contributed by atoms with E-state index in [0.717, 1.165) is 0 Å². The van der Waals surface area contributed by atoms with Gasteiger partial charge in [0.05, 0.1) is 6.61 Å². The lowest BCUT2D eigenvalue weighted by Gasteiger charge is -2.26. The van der Waals surface area contributed by atoms with E-state index in [2.05, 4.69) is 10.6 Å². The molecule has 0 saturated heterocycles. The zero-order valence-corrected chi connectivity index (χ0v) is 22.1. The molecule has 0 aromatic heterocycles. The highest BCUT2D eigenvalue weighted by Crippen LogP contribution is 2.14. The zero-order valence-electron chi connectivity index (χ0n) is 22.1. The van der Waals surface area contributed by atoms with Crippen molar-refractivity contribution >= 4 is 23.9 Å². The average molecular weight is 488 g/mol. The summed E-state index contributed by atoms with van der Waals surface area (Å²) in [5, 5.41) is 5.12. The molecule has 10 nitrogen and oxygen atoms in total. The maximum atomic E-state index is 12.7. The molecule has 2 atom stereocenters. The Morgan fingerprint density at radius 1 is 0.794 bits per heavy atom. The lowest BCUT2D eigenvalue weighted by atomic mass is 10.1. The van der Waals surface area contributed by atoms with E-state index in [1.165, 1.54) is 0 Å². The molecule has 0 radical (unpaired) electrons.